The predicted molar refractivity (Wildman–Crippen MR) is 86.9 cm³/mol. The standard InChI is InChI=1S/C15H17N3O2S/c19-18(20)15-2-1-14(12-3-6-16-10-13(12)15)17-9-11-4-7-21-8-5-11/h1-3,6,10-11,17H,4-5,7-9H2. The molecule has 110 valence electrons. The Balaban J connectivity index is 1.85. The summed E-state index contributed by atoms with van der Waals surface area (Å²) < 4.78 is 0. The molecule has 5 nitrogen and oxygen atoms in total. The lowest BCUT2D eigenvalue weighted by Crippen LogP contribution is -2.19. The van der Waals surface area contributed by atoms with Crippen LogP contribution in [0, 0.1) is 16.0 Å². The van der Waals surface area contributed by atoms with Crippen molar-refractivity contribution in [3.8, 4) is 0 Å². The van der Waals surface area contributed by atoms with Crippen LogP contribution in [-0.4, -0.2) is 28.0 Å². The zero-order valence-electron chi connectivity index (χ0n) is 11.6. The first-order valence-electron chi connectivity index (χ1n) is 7.08. The van der Waals surface area contributed by atoms with Crippen molar-refractivity contribution in [1.82, 2.24) is 4.98 Å². The van der Waals surface area contributed by atoms with E-state index < -0.39 is 0 Å². The van der Waals surface area contributed by atoms with E-state index in [-0.39, 0.29) is 10.6 Å². The number of nitrogens with zero attached hydrogens (tertiary/aromatic N) is 2. The number of nitro groups is 1. The molecule has 3 rings (SSSR count). The Hall–Kier alpha value is -1.82. The lowest BCUT2D eigenvalue weighted by atomic mass is 10.0. The second-order valence-electron chi connectivity index (χ2n) is 5.25. The van der Waals surface area contributed by atoms with Crippen molar-refractivity contribution in [1.29, 1.82) is 0 Å². The van der Waals surface area contributed by atoms with Gasteiger partial charge in [-0.05, 0) is 42.4 Å². The summed E-state index contributed by atoms with van der Waals surface area (Å²) in [7, 11) is 0. The van der Waals surface area contributed by atoms with E-state index in [1.165, 1.54) is 24.3 Å². The number of nitrogens with one attached hydrogen (secondary N) is 1. The number of non-ortho nitro benzene ring substituents is 1. The van der Waals surface area contributed by atoms with Gasteiger partial charge in [-0.25, -0.2) is 0 Å². The molecule has 0 spiro atoms. The molecule has 0 aliphatic carbocycles. The first-order chi connectivity index (χ1) is 10.3. The molecule has 6 heteroatoms. The maximum Gasteiger partial charge on any atom is 0.278 e. The molecule has 0 saturated carbocycles. The van der Waals surface area contributed by atoms with Crippen LogP contribution >= 0.6 is 11.8 Å². The van der Waals surface area contributed by atoms with Crippen LogP contribution in [-0.2, 0) is 0 Å². The van der Waals surface area contributed by atoms with Gasteiger partial charge in [0.15, 0.2) is 0 Å². The number of nitro benzene ring substituents is 1. The largest absolute Gasteiger partial charge is 0.384 e. The van der Waals surface area contributed by atoms with Crippen molar-refractivity contribution < 1.29 is 4.92 Å². The van der Waals surface area contributed by atoms with Gasteiger partial charge in [-0.2, -0.15) is 11.8 Å². The molecule has 2 aromatic rings. The number of thioether (sulfide) groups is 1. The summed E-state index contributed by atoms with van der Waals surface area (Å²) in [6.07, 6.45) is 5.72. The fraction of sp³-hybridized carbons (Fsp3) is 0.400. The Morgan fingerprint density at radius 3 is 2.86 bits per heavy atom. The van der Waals surface area contributed by atoms with E-state index in [1.54, 1.807) is 24.5 Å². The van der Waals surface area contributed by atoms with Gasteiger partial charge in [0, 0.05) is 36.1 Å². The van der Waals surface area contributed by atoms with Crippen molar-refractivity contribution in [2.75, 3.05) is 23.4 Å². The smallest absolute Gasteiger partial charge is 0.278 e. The summed E-state index contributed by atoms with van der Waals surface area (Å²) in [5, 5.41) is 16.0. The maximum atomic E-state index is 11.1. The highest BCUT2D eigenvalue weighted by Crippen LogP contribution is 2.31. The lowest BCUT2D eigenvalue weighted by molar-refractivity contribution is -0.383. The third-order valence-corrected chi connectivity index (χ3v) is 4.96. The van der Waals surface area contributed by atoms with E-state index in [4.69, 9.17) is 0 Å². The van der Waals surface area contributed by atoms with Crippen molar-refractivity contribution in [3.05, 3.63) is 40.7 Å². The topological polar surface area (TPSA) is 68.1 Å². The van der Waals surface area contributed by atoms with Gasteiger partial charge in [-0.3, -0.25) is 15.1 Å². The molecule has 1 aromatic carbocycles. The van der Waals surface area contributed by atoms with Gasteiger partial charge in [-0.15, -0.1) is 0 Å². The average Bonchev–Trinajstić information content (AvgIpc) is 2.53. The molecule has 1 fully saturated rings. The first kappa shape index (κ1) is 14.1. The van der Waals surface area contributed by atoms with Crippen LogP contribution in [0.1, 0.15) is 12.8 Å². The lowest BCUT2D eigenvalue weighted by Gasteiger charge is -2.22. The van der Waals surface area contributed by atoms with Crippen LogP contribution in [0.3, 0.4) is 0 Å². The minimum atomic E-state index is -0.355. The number of rotatable bonds is 4. The molecule has 0 atom stereocenters. The molecule has 1 aliphatic rings. The van der Waals surface area contributed by atoms with Crippen LogP contribution in [0.2, 0.25) is 0 Å². The van der Waals surface area contributed by atoms with E-state index in [1.807, 2.05) is 17.8 Å². The zero-order valence-corrected chi connectivity index (χ0v) is 12.4. The van der Waals surface area contributed by atoms with Gasteiger partial charge >= 0.3 is 0 Å². The quantitative estimate of drug-likeness (QED) is 0.689. The predicted octanol–water partition coefficient (Wildman–Crippen LogP) is 3.70. The summed E-state index contributed by atoms with van der Waals surface area (Å²) in [6, 6.07) is 5.20. The molecular weight excluding hydrogens is 286 g/mol. The Kier molecular flexibility index (Phi) is 4.24. The number of anilines is 1. The first-order valence-corrected chi connectivity index (χ1v) is 8.24. The highest BCUT2D eigenvalue weighted by molar-refractivity contribution is 7.99. The molecule has 21 heavy (non-hydrogen) atoms. The van der Waals surface area contributed by atoms with Crippen LogP contribution < -0.4 is 5.32 Å². The number of aromatic nitrogens is 1. The van der Waals surface area contributed by atoms with Crippen molar-refractivity contribution in [2.24, 2.45) is 5.92 Å². The summed E-state index contributed by atoms with van der Waals surface area (Å²) in [6.45, 7) is 0.926. The molecule has 1 N–H and O–H groups in total. The Bertz CT molecular complexity index is 656. The van der Waals surface area contributed by atoms with Gasteiger partial charge in [0.05, 0.1) is 10.3 Å². The van der Waals surface area contributed by atoms with Gasteiger partial charge in [0.25, 0.3) is 5.69 Å². The summed E-state index contributed by atoms with van der Waals surface area (Å²) in [5.74, 6) is 3.16. The fourth-order valence-electron chi connectivity index (χ4n) is 2.69. The second kappa shape index (κ2) is 6.30. The number of benzene rings is 1. The van der Waals surface area contributed by atoms with Gasteiger partial charge in [0.2, 0.25) is 0 Å². The molecular formula is C15H17N3O2S. The van der Waals surface area contributed by atoms with E-state index in [0.29, 0.717) is 11.3 Å². The van der Waals surface area contributed by atoms with Crippen LogP contribution in [0.25, 0.3) is 10.8 Å². The summed E-state index contributed by atoms with van der Waals surface area (Å²) in [4.78, 5) is 14.7. The molecule has 1 saturated heterocycles. The molecule has 0 radical (unpaired) electrons. The molecule has 0 bridgehead atoms. The van der Waals surface area contributed by atoms with Crippen LogP contribution in [0.5, 0.6) is 0 Å². The van der Waals surface area contributed by atoms with E-state index in [2.05, 4.69) is 10.3 Å². The summed E-state index contributed by atoms with van der Waals surface area (Å²) >= 11 is 2.02. The van der Waals surface area contributed by atoms with Gasteiger partial charge in [-0.1, -0.05) is 0 Å². The Labute approximate surface area is 127 Å². The van der Waals surface area contributed by atoms with Crippen molar-refractivity contribution in [3.63, 3.8) is 0 Å². The minimum absolute atomic E-state index is 0.109. The fourth-order valence-corrected chi connectivity index (χ4v) is 3.90. The molecule has 0 unspecified atom stereocenters. The Morgan fingerprint density at radius 2 is 2.10 bits per heavy atom. The maximum absolute atomic E-state index is 11.1. The normalized spacial score (nSPS) is 16.0. The zero-order chi connectivity index (χ0) is 14.7. The monoisotopic (exact) mass is 303 g/mol. The Morgan fingerprint density at radius 1 is 1.29 bits per heavy atom. The molecule has 1 aliphatic heterocycles. The van der Waals surface area contributed by atoms with E-state index >= 15 is 0 Å². The number of pyridine rings is 1. The third-order valence-electron chi connectivity index (χ3n) is 3.91. The number of hydrogen-bond donors (Lipinski definition) is 1. The van der Waals surface area contributed by atoms with Gasteiger partial charge in [0.1, 0.15) is 0 Å². The van der Waals surface area contributed by atoms with Crippen molar-refractivity contribution in [2.45, 2.75) is 12.8 Å². The minimum Gasteiger partial charge on any atom is -0.384 e. The summed E-state index contributed by atoms with van der Waals surface area (Å²) in [5.41, 5.74) is 1.06. The molecule has 0 amide bonds. The second-order valence-corrected chi connectivity index (χ2v) is 6.47. The van der Waals surface area contributed by atoms with E-state index in [0.717, 1.165) is 17.6 Å². The van der Waals surface area contributed by atoms with Crippen molar-refractivity contribution >= 4 is 33.9 Å². The van der Waals surface area contributed by atoms with Crippen LogP contribution in [0.4, 0.5) is 11.4 Å². The molecule has 1 aromatic heterocycles. The highest BCUT2D eigenvalue weighted by atomic mass is 32.2. The molecule has 2 heterocycles. The average molecular weight is 303 g/mol. The van der Waals surface area contributed by atoms with Crippen LogP contribution in [0.15, 0.2) is 30.6 Å². The van der Waals surface area contributed by atoms with Gasteiger partial charge < -0.3 is 5.32 Å². The number of fused-ring (bicyclic) bond motifs is 1. The third kappa shape index (κ3) is 3.10. The SMILES string of the molecule is O=[N+]([O-])c1ccc(NCC2CCSCC2)c2ccncc12. The van der Waals surface area contributed by atoms with E-state index in [9.17, 15) is 10.1 Å². The number of hydrogen-bond acceptors (Lipinski definition) is 5. The highest BCUT2D eigenvalue weighted by Gasteiger charge is 2.16.